The summed E-state index contributed by atoms with van der Waals surface area (Å²) in [7, 11) is 1.58. The lowest BCUT2D eigenvalue weighted by Gasteiger charge is -2.31. The summed E-state index contributed by atoms with van der Waals surface area (Å²) in [5, 5.41) is 15.8. The fourth-order valence-electron chi connectivity index (χ4n) is 4.73. The van der Waals surface area contributed by atoms with E-state index in [-0.39, 0.29) is 32.0 Å². The number of carbonyl (C=O) groups is 1. The van der Waals surface area contributed by atoms with E-state index in [1.54, 1.807) is 25.3 Å². The van der Waals surface area contributed by atoms with E-state index < -0.39 is 11.6 Å². The van der Waals surface area contributed by atoms with Gasteiger partial charge in [0.05, 0.1) is 20.3 Å². The highest BCUT2D eigenvalue weighted by molar-refractivity contribution is 6.01. The van der Waals surface area contributed by atoms with Crippen LogP contribution in [0, 0.1) is 0 Å². The molecule has 4 rings (SSSR count). The predicted molar refractivity (Wildman–Crippen MR) is 156 cm³/mol. The molecule has 0 spiro atoms. The Morgan fingerprint density at radius 3 is 2.61 bits per heavy atom. The molecule has 0 unspecified atom stereocenters. The molecule has 0 saturated carbocycles. The van der Waals surface area contributed by atoms with Crippen LogP contribution in [0.5, 0.6) is 11.5 Å². The molecule has 3 aromatic rings. The van der Waals surface area contributed by atoms with Crippen LogP contribution in [0.1, 0.15) is 41.2 Å². The Hall–Kier alpha value is -4.79. The van der Waals surface area contributed by atoms with Gasteiger partial charge in [-0.15, -0.1) is 6.58 Å². The second-order valence-electron chi connectivity index (χ2n) is 9.36. The molecule has 3 aromatic carbocycles. The number of aliphatic hydroxyl groups excluding tert-OH is 1. The van der Waals surface area contributed by atoms with Crippen LogP contribution in [-0.2, 0) is 22.6 Å². The van der Waals surface area contributed by atoms with Gasteiger partial charge in [-0.1, -0.05) is 53.7 Å². The summed E-state index contributed by atoms with van der Waals surface area (Å²) in [6.45, 7) is 4.68. The molecule has 0 bridgehead atoms. The number of nitrogens with one attached hydrogen (secondary N) is 1. The summed E-state index contributed by atoms with van der Waals surface area (Å²) in [5.41, 5.74) is 10.5. The largest absolute Gasteiger partial charge is 0.496 e. The van der Waals surface area contributed by atoms with Crippen molar-refractivity contribution in [1.82, 2.24) is 5.32 Å². The molecule has 10 nitrogen and oxygen atoms in total. The molecule has 41 heavy (non-hydrogen) atoms. The van der Waals surface area contributed by atoms with Crippen LogP contribution in [0.15, 0.2) is 95.6 Å². The Balaban J connectivity index is 1.73. The first-order valence-electron chi connectivity index (χ1n) is 13.3. The molecule has 1 heterocycles. The monoisotopic (exact) mass is 555 g/mol. The first-order valence-corrected chi connectivity index (χ1v) is 13.3. The van der Waals surface area contributed by atoms with E-state index in [4.69, 9.17) is 29.8 Å². The van der Waals surface area contributed by atoms with Gasteiger partial charge in [0, 0.05) is 42.0 Å². The average Bonchev–Trinajstić information content (AvgIpc) is 3.40. The fourth-order valence-corrected chi connectivity index (χ4v) is 4.73. The van der Waals surface area contributed by atoms with Gasteiger partial charge in [0.2, 0.25) is 5.90 Å². The number of nitrogens with zero attached hydrogens (tertiary/aromatic N) is 4. The number of aliphatic hydroxyl groups is 1. The summed E-state index contributed by atoms with van der Waals surface area (Å²) >= 11 is 0. The van der Waals surface area contributed by atoms with E-state index >= 15 is 0 Å². The fraction of sp³-hybridized carbons (Fsp3) is 0.290. The molecule has 212 valence electrons. The van der Waals surface area contributed by atoms with Crippen molar-refractivity contribution in [1.29, 1.82) is 0 Å². The first kappa shape index (κ1) is 29.2. The topological polar surface area (TPSA) is 138 Å². The molecule has 0 saturated heterocycles. The van der Waals surface area contributed by atoms with Crippen molar-refractivity contribution in [2.45, 2.75) is 37.6 Å². The number of ether oxygens (including phenoxy) is 3. The van der Waals surface area contributed by atoms with Gasteiger partial charge in [-0.25, -0.2) is 4.99 Å². The molecule has 0 aromatic heterocycles. The molecule has 0 fully saturated rings. The summed E-state index contributed by atoms with van der Waals surface area (Å²) in [6, 6.07) is 22.1. The molecule has 2 N–H and O–H groups in total. The number of azide groups is 1. The molecule has 1 amide bonds. The third-order valence-electron chi connectivity index (χ3n) is 6.76. The van der Waals surface area contributed by atoms with Crippen molar-refractivity contribution in [3.05, 3.63) is 118 Å². The van der Waals surface area contributed by atoms with E-state index in [0.29, 0.717) is 41.6 Å². The maximum absolute atomic E-state index is 14.1. The lowest BCUT2D eigenvalue weighted by Crippen LogP contribution is -2.48. The van der Waals surface area contributed by atoms with Gasteiger partial charge in [0.15, 0.2) is 11.6 Å². The maximum Gasteiger partial charge on any atom is 0.252 e. The summed E-state index contributed by atoms with van der Waals surface area (Å²) < 4.78 is 17.6. The van der Waals surface area contributed by atoms with Crippen LogP contribution < -0.4 is 14.8 Å². The zero-order valence-electron chi connectivity index (χ0n) is 22.9. The van der Waals surface area contributed by atoms with E-state index in [1.807, 2.05) is 60.7 Å². The Kier molecular flexibility index (Phi) is 9.99. The number of rotatable bonds is 14. The standard InChI is InChI=1S/C31H33N5O5/c1-3-17-31(30(38)33-20-24-10-5-7-12-27(24)39-2)28(26-11-6-4-9-23(26)21-34-36-32)41-29(35-31)22-13-15-25(16-14-22)40-19-8-18-37/h3-7,9-16,28,37H,1,8,17-21H2,2H3,(H,33,38)/t28-,31-/m1/s1. The van der Waals surface area contributed by atoms with Gasteiger partial charge in [0.1, 0.15) is 11.5 Å². The average molecular weight is 556 g/mol. The number of para-hydroxylation sites is 1. The summed E-state index contributed by atoms with van der Waals surface area (Å²) in [5.74, 6) is 1.26. The third kappa shape index (κ3) is 6.69. The van der Waals surface area contributed by atoms with E-state index in [1.165, 1.54) is 0 Å². The molecule has 10 heteroatoms. The quantitative estimate of drug-likeness (QED) is 0.0900. The minimum absolute atomic E-state index is 0.0514. The van der Waals surface area contributed by atoms with Crippen molar-refractivity contribution in [2.24, 2.45) is 10.1 Å². The van der Waals surface area contributed by atoms with E-state index in [9.17, 15) is 4.79 Å². The van der Waals surface area contributed by atoms with Gasteiger partial charge in [-0.2, -0.15) is 0 Å². The summed E-state index contributed by atoms with van der Waals surface area (Å²) in [6.07, 6.45) is 1.55. The van der Waals surface area contributed by atoms with Crippen molar-refractivity contribution in [3.8, 4) is 11.5 Å². The van der Waals surface area contributed by atoms with Crippen LogP contribution in [0.2, 0.25) is 0 Å². The van der Waals surface area contributed by atoms with E-state index in [2.05, 4.69) is 21.9 Å². The molecule has 0 aliphatic carbocycles. The van der Waals surface area contributed by atoms with Gasteiger partial charge in [-0.05, 0) is 47.0 Å². The second-order valence-corrected chi connectivity index (χ2v) is 9.36. The number of carbonyl (C=O) groups excluding carboxylic acids is 1. The number of methoxy groups -OCH3 is 1. The zero-order chi connectivity index (χ0) is 29.1. The van der Waals surface area contributed by atoms with Crippen LogP contribution in [0.3, 0.4) is 0 Å². The molecule has 2 atom stereocenters. The van der Waals surface area contributed by atoms with Crippen LogP contribution in [0.4, 0.5) is 0 Å². The van der Waals surface area contributed by atoms with Gasteiger partial charge in [0.25, 0.3) is 5.91 Å². The molecule has 1 aliphatic rings. The van der Waals surface area contributed by atoms with E-state index in [0.717, 1.165) is 11.1 Å². The number of hydrogen-bond donors (Lipinski definition) is 2. The smallest absolute Gasteiger partial charge is 0.252 e. The number of benzene rings is 3. The first-order chi connectivity index (χ1) is 20.1. The lowest BCUT2D eigenvalue weighted by molar-refractivity contribution is -0.129. The highest BCUT2D eigenvalue weighted by Crippen LogP contribution is 2.44. The maximum atomic E-state index is 14.1. The Morgan fingerprint density at radius 2 is 1.90 bits per heavy atom. The number of hydrogen-bond acceptors (Lipinski definition) is 7. The zero-order valence-corrected chi connectivity index (χ0v) is 22.9. The minimum atomic E-state index is -1.39. The normalized spacial score (nSPS) is 17.5. The number of aliphatic imine (C=N–C) groups is 1. The van der Waals surface area contributed by atoms with Gasteiger partial charge >= 0.3 is 0 Å². The van der Waals surface area contributed by atoms with Crippen LogP contribution in [-0.4, -0.2) is 42.8 Å². The predicted octanol–water partition coefficient (Wildman–Crippen LogP) is 5.42. The Morgan fingerprint density at radius 1 is 1.17 bits per heavy atom. The van der Waals surface area contributed by atoms with Crippen LogP contribution in [0.25, 0.3) is 10.4 Å². The Labute approximate surface area is 238 Å². The Bertz CT molecular complexity index is 1430. The molecular formula is C31H33N5O5. The van der Waals surface area contributed by atoms with Gasteiger partial charge < -0.3 is 24.6 Å². The SMILES string of the molecule is C=CC[C@@]1(C(=O)NCc2ccccc2OC)N=C(c2ccc(OCCCO)cc2)O[C@@H]1c1ccccc1CN=[N+]=[N-]. The highest BCUT2D eigenvalue weighted by atomic mass is 16.5. The molecular weight excluding hydrogens is 522 g/mol. The van der Waals surface area contributed by atoms with Crippen molar-refractivity contribution >= 4 is 11.8 Å². The second kappa shape index (κ2) is 14.0. The molecule has 1 aliphatic heterocycles. The lowest BCUT2D eigenvalue weighted by atomic mass is 9.82. The highest BCUT2D eigenvalue weighted by Gasteiger charge is 2.52. The van der Waals surface area contributed by atoms with Crippen molar-refractivity contribution in [3.63, 3.8) is 0 Å². The number of amides is 1. The van der Waals surface area contributed by atoms with Crippen molar-refractivity contribution in [2.75, 3.05) is 20.3 Å². The van der Waals surface area contributed by atoms with Crippen LogP contribution >= 0.6 is 0 Å². The van der Waals surface area contributed by atoms with Gasteiger partial charge in [-0.3, -0.25) is 4.79 Å². The summed E-state index contributed by atoms with van der Waals surface area (Å²) in [4.78, 5) is 21.9. The third-order valence-corrected chi connectivity index (χ3v) is 6.76. The minimum Gasteiger partial charge on any atom is -0.496 e. The van der Waals surface area contributed by atoms with Crippen molar-refractivity contribution < 1.29 is 24.1 Å². The molecule has 0 radical (unpaired) electrons.